The van der Waals surface area contributed by atoms with Crippen molar-refractivity contribution in [3.63, 3.8) is 0 Å². The Hall–Kier alpha value is -6.76. The summed E-state index contributed by atoms with van der Waals surface area (Å²) in [6.07, 6.45) is 0. The molecule has 1 aliphatic rings. The van der Waals surface area contributed by atoms with E-state index < -0.39 is 0 Å². The minimum absolute atomic E-state index is 0.138. The van der Waals surface area contributed by atoms with Crippen LogP contribution in [0.5, 0.6) is 0 Å². The molecular formula is C55H38. The molecule has 0 heterocycles. The summed E-state index contributed by atoms with van der Waals surface area (Å²) in [6, 6.07) is 72.1. The van der Waals surface area contributed by atoms with Gasteiger partial charge in [0.25, 0.3) is 0 Å². The molecular weight excluding hydrogens is 661 g/mol. The largest absolute Gasteiger partial charge is 0.0616 e. The van der Waals surface area contributed by atoms with Gasteiger partial charge in [0, 0.05) is 5.41 Å². The van der Waals surface area contributed by atoms with Crippen molar-refractivity contribution in [1.82, 2.24) is 0 Å². The Morgan fingerprint density at radius 2 is 0.800 bits per heavy atom. The van der Waals surface area contributed by atoms with Gasteiger partial charge in [-0.05, 0) is 122 Å². The molecule has 0 heteroatoms. The summed E-state index contributed by atoms with van der Waals surface area (Å²) in [5.41, 5.74) is 15.5. The Morgan fingerprint density at radius 1 is 0.291 bits per heavy atom. The van der Waals surface area contributed by atoms with E-state index in [1.807, 2.05) is 0 Å². The van der Waals surface area contributed by atoms with E-state index in [0.717, 1.165) is 0 Å². The molecule has 11 rings (SSSR count). The summed E-state index contributed by atoms with van der Waals surface area (Å²) in [5, 5.41) is 10.2. The lowest BCUT2D eigenvalue weighted by atomic mass is 9.78. The fraction of sp³-hybridized carbons (Fsp3) is 0.0545. The zero-order chi connectivity index (χ0) is 36.7. The van der Waals surface area contributed by atoms with Crippen LogP contribution in [-0.4, -0.2) is 0 Å². The van der Waals surface area contributed by atoms with Gasteiger partial charge in [-0.3, -0.25) is 0 Å². The SMILES string of the molecule is CC1(C)c2ccc3ccccc3c2-c2cccc(-c3cccc(-c4c5ccccc5c(-c5ccccc5-c5ccc6ccccc6c5)c5ccccc45)c3)c21. The normalized spacial score (nSPS) is 13.1. The Morgan fingerprint density at radius 3 is 1.55 bits per heavy atom. The van der Waals surface area contributed by atoms with Crippen LogP contribution in [0.15, 0.2) is 194 Å². The number of hydrogen-bond acceptors (Lipinski definition) is 0. The molecule has 1 aliphatic carbocycles. The lowest BCUT2D eigenvalue weighted by molar-refractivity contribution is 0.662. The molecule has 0 amide bonds. The molecule has 258 valence electrons. The number of fused-ring (bicyclic) bond motifs is 8. The second-order valence-electron chi connectivity index (χ2n) is 15.6. The van der Waals surface area contributed by atoms with Crippen LogP contribution in [0.3, 0.4) is 0 Å². The molecule has 0 radical (unpaired) electrons. The van der Waals surface area contributed by atoms with Crippen molar-refractivity contribution in [2.45, 2.75) is 19.3 Å². The van der Waals surface area contributed by atoms with Crippen LogP contribution in [0.1, 0.15) is 25.0 Å². The van der Waals surface area contributed by atoms with Gasteiger partial charge in [0.15, 0.2) is 0 Å². The number of rotatable bonds is 4. The number of benzene rings is 10. The molecule has 10 aromatic carbocycles. The zero-order valence-electron chi connectivity index (χ0n) is 31.0. The van der Waals surface area contributed by atoms with E-state index in [4.69, 9.17) is 0 Å². The highest BCUT2D eigenvalue weighted by atomic mass is 14.4. The predicted molar refractivity (Wildman–Crippen MR) is 236 cm³/mol. The van der Waals surface area contributed by atoms with Crippen molar-refractivity contribution in [3.05, 3.63) is 205 Å². The van der Waals surface area contributed by atoms with Gasteiger partial charge >= 0.3 is 0 Å². The summed E-state index contributed by atoms with van der Waals surface area (Å²) in [4.78, 5) is 0. The lowest BCUT2D eigenvalue weighted by Gasteiger charge is -2.25. The van der Waals surface area contributed by atoms with Gasteiger partial charge < -0.3 is 0 Å². The summed E-state index contributed by atoms with van der Waals surface area (Å²) >= 11 is 0. The summed E-state index contributed by atoms with van der Waals surface area (Å²) < 4.78 is 0. The molecule has 0 saturated carbocycles. The smallest absolute Gasteiger partial charge is 0.0165 e. The molecule has 0 nitrogen and oxygen atoms in total. The van der Waals surface area contributed by atoms with Crippen molar-refractivity contribution >= 4 is 43.1 Å². The molecule has 0 aromatic heterocycles. The average molecular weight is 699 g/mol. The van der Waals surface area contributed by atoms with Gasteiger partial charge in [-0.15, -0.1) is 0 Å². The van der Waals surface area contributed by atoms with Crippen molar-refractivity contribution < 1.29 is 0 Å². The number of hydrogen-bond donors (Lipinski definition) is 0. The van der Waals surface area contributed by atoms with E-state index in [1.54, 1.807) is 0 Å². The minimum atomic E-state index is -0.138. The van der Waals surface area contributed by atoms with Gasteiger partial charge in [-0.2, -0.15) is 0 Å². The third-order valence-electron chi connectivity index (χ3n) is 12.2. The minimum Gasteiger partial charge on any atom is -0.0616 e. The first-order chi connectivity index (χ1) is 27.1. The zero-order valence-corrected chi connectivity index (χ0v) is 31.0. The van der Waals surface area contributed by atoms with E-state index in [0.29, 0.717) is 0 Å². The average Bonchev–Trinajstić information content (AvgIpc) is 3.49. The molecule has 0 fully saturated rings. The maximum Gasteiger partial charge on any atom is 0.0165 e. The first kappa shape index (κ1) is 31.7. The summed E-state index contributed by atoms with van der Waals surface area (Å²) in [6.45, 7) is 4.80. The van der Waals surface area contributed by atoms with Gasteiger partial charge in [-0.1, -0.05) is 196 Å². The highest BCUT2D eigenvalue weighted by Gasteiger charge is 2.38. The fourth-order valence-electron chi connectivity index (χ4n) is 9.77. The molecule has 0 saturated heterocycles. The van der Waals surface area contributed by atoms with Crippen LogP contribution in [0.4, 0.5) is 0 Å². The quantitative estimate of drug-likeness (QED) is 0.161. The van der Waals surface area contributed by atoms with E-state index in [-0.39, 0.29) is 5.41 Å². The fourth-order valence-corrected chi connectivity index (χ4v) is 9.77. The molecule has 55 heavy (non-hydrogen) atoms. The van der Waals surface area contributed by atoms with Gasteiger partial charge in [0.05, 0.1) is 0 Å². The highest BCUT2D eigenvalue weighted by molar-refractivity contribution is 6.22. The van der Waals surface area contributed by atoms with E-state index in [1.165, 1.54) is 110 Å². The standard InChI is InChI=1S/C55H38/c1-55(2)50-32-31-36-16-5-6-21-42(36)53(50)49-28-14-27-43(54(49)55)38-18-13-19-40(34-38)51-45-23-9-11-25-47(45)52(48-26-12-10-24-46(48)51)44-22-8-7-20-41(44)39-30-29-35-15-3-4-17-37(35)33-39/h3-34H,1-2H3. The van der Waals surface area contributed by atoms with Crippen molar-refractivity contribution in [3.8, 4) is 55.6 Å². The van der Waals surface area contributed by atoms with Crippen molar-refractivity contribution in [2.24, 2.45) is 0 Å². The molecule has 0 bridgehead atoms. The summed E-state index contributed by atoms with van der Waals surface area (Å²) in [7, 11) is 0. The van der Waals surface area contributed by atoms with Crippen molar-refractivity contribution in [1.29, 1.82) is 0 Å². The third kappa shape index (κ3) is 4.78. The maximum absolute atomic E-state index is 2.43. The second-order valence-corrected chi connectivity index (χ2v) is 15.6. The van der Waals surface area contributed by atoms with E-state index in [2.05, 4.69) is 208 Å². The Bertz CT molecular complexity index is 3120. The van der Waals surface area contributed by atoms with Crippen LogP contribution in [0.2, 0.25) is 0 Å². The third-order valence-corrected chi connectivity index (χ3v) is 12.2. The van der Waals surface area contributed by atoms with Crippen LogP contribution < -0.4 is 0 Å². The second kappa shape index (κ2) is 12.1. The van der Waals surface area contributed by atoms with Gasteiger partial charge in [0.1, 0.15) is 0 Å². The molecule has 0 unspecified atom stereocenters. The Labute approximate surface area is 322 Å². The van der Waals surface area contributed by atoms with Crippen LogP contribution in [-0.2, 0) is 5.41 Å². The van der Waals surface area contributed by atoms with E-state index >= 15 is 0 Å². The maximum atomic E-state index is 2.43. The van der Waals surface area contributed by atoms with Crippen LogP contribution in [0, 0.1) is 0 Å². The van der Waals surface area contributed by atoms with Gasteiger partial charge in [0.2, 0.25) is 0 Å². The Kier molecular flexibility index (Phi) is 7.00. The van der Waals surface area contributed by atoms with Crippen LogP contribution in [0.25, 0.3) is 98.7 Å². The predicted octanol–water partition coefficient (Wildman–Crippen LogP) is 15.3. The van der Waals surface area contributed by atoms with E-state index in [9.17, 15) is 0 Å². The monoisotopic (exact) mass is 698 g/mol. The molecule has 0 N–H and O–H groups in total. The molecule has 0 aliphatic heterocycles. The topological polar surface area (TPSA) is 0 Å². The van der Waals surface area contributed by atoms with Crippen LogP contribution >= 0.6 is 0 Å². The molecule has 0 atom stereocenters. The first-order valence-corrected chi connectivity index (χ1v) is 19.4. The molecule has 10 aromatic rings. The first-order valence-electron chi connectivity index (χ1n) is 19.4. The highest BCUT2D eigenvalue weighted by Crippen LogP contribution is 2.55. The van der Waals surface area contributed by atoms with Crippen molar-refractivity contribution in [2.75, 3.05) is 0 Å². The van der Waals surface area contributed by atoms with Gasteiger partial charge in [-0.25, -0.2) is 0 Å². The molecule has 0 spiro atoms. The Balaban J connectivity index is 1.13. The summed E-state index contributed by atoms with van der Waals surface area (Å²) in [5.74, 6) is 0. The lowest BCUT2D eigenvalue weighted by Crippen LogP contribution is -2.16.